The fourth-order valence-electron chi connectivity index (χ4n) is 15.6. The Balaban J connectivity index is 0.000000126. The molecule has 694 valence electrons. The van der Waals surface area contributed by atoms with E-state index in [-0.39, 0.29) is 17.1 Å². The Morgan fingerprint density at radius 3 is 0.868 bits per heavy atom. The monoisotopic (exact) mass is 1860 g/mol. The molecule has 31 nitrogen and oxygen atoms in total. The predicted molar refractivity (Wildman–Crippen MR) is 499 cm³/mol. The van der Waals surface area contributed by atoms with Gasteiger partial charge in [-0.3, -0.25) is 10.1 Å². The number of non-ortho nitro benzene ring substituents is 1. The van der Waals surface area contributed by atoms with E-state index in [4.69, 9.17) is 42.9 Å². The van der Waals surface area contributed by atoms with Crippen LogP contribution in [-0.4, -0.2) is 88.1 Å². The van der Waals surface area contributed by atoms with Crippen molar-refractivity contribution in [1.29, 1.82) is 0 Å². The average Bonchev–Trinajstić information content (AvgIpc) is 1.62. The molecule has 8 heterocycles. The number of carbonyl (C=O) groups is 4. The summed E-state index contributed by atoms with van der Waals surface area (Å²) in [5.41, 5.74) is 37.7. The summed E-state index contributed by atoms with van der Waals surface area (Å²) < 4.78 is 137. The van der Waals surface area contributed by atoms with Crippen LogP contribution in [0.3, 0.4) is 0 Å². The lowest BCUT2D eigenvalue weighted by Crippen LogP contribution is -2.21. The molecule has 4 saturated carbocycles. The Labute approximate surface area is 765 Å². The number of halogens is 10. The first kappa shape index (κ1) is 91.1. The highest BCUT2D eigenvalue weighted by Gasteiger charge is 2.37. The van der Waals surface area contributed by atoms with Crippen molar-refractivity contribution in [3.63, 3.8) is 0 Å². The van der Waals surface area contributed by atoms with Gasteiger partial charge in [0.1, 0.15) is 5.82 Å². The number of nitro benzene ring substituents is 1. The quantitative estimate of drug-likeness (QED) is 0.0229. The number of amides is 8. The maximum atomic E-state index is 13.9. The van der Waals surface area contributed by atoms with Crippen molar-refractivity contribution in [3.8, 4) is 44.5 Å². The van der Waals surface area contributed by atoms with E-state index < -0.39 is 75.8 Å². The number of hydrogen-bond donors (Lipinski definition) is 12. The number of para-hydroxylation sites is 1. The average molecular weight is 1860 g/mol. The molecule has 20 rings (SSSR count). The van der Waals surface area contributed by atoms with Crippen LogP contribution in [0.2, 0.25) is 0 Å². The van der Waals surface area contributed by atoms with Crippen molar-refractivity contribution in [1.82, 2.24) is 59.1 Å². The summed E-state index contributed by atoms with van der Waals surface area (Å²) in [4.78, 5) is 78.5. The van der Waals surface area contributed by atoms with Gasteiger partial charge in [0.15, 0.2) is 45.9 Å². The maximum absolute atomic E-state index is 13.9. The zero-order chi connectivity index (χ0) is 96.1. The van der Waals surface area contributed by atoms with Gasteiger partial charge in [-0.1, -0.05) is 60.7 Å². The first-order chi connectivity index (χ1) is 64.9. The number of aromatic nitrogens is 12. The highest BCUT2D eigenvalue weighted by atomic mass is 19.4. The second-order valence-corrected chi connectivity index (χ2v) is 33.0. The highest BCUT2D eigenvalue weighted by Crippen LogP contribution is 2.48. The molecule has 0 radical (unpaired) electrons. The number of pyridine rings is 4. The summed E-state index contributed by atoms with van der Waals surface area (Å²) in [6, 6.07) is 50.5. The molecule has 8 aromatic heterocycles. The van der Waals surface area contributed by atoms with E-state index in [0.717, 1.165) is 170 Å². The van der Waals surface area contributed by atoms with Gasteiger partial charge in [0.05, 0.1) is 54.5 Å². The van der Waals surface area contributed by atoms with Crippen molar-refractivity contribution in [2.24, 2.45) is 28.2 Å². The molecule has 0 unspecified atom stereocenters. The Hall–Kier alpha value is -16.8. The minimum atomic E-state index is -4.66. The standard InChI is InChI=1S/C24H20F4N6O.2C24H21F3N6O.C23H21N7O3/c1-34-22-20(21(29)33-34)16(11-18(31-22)13-2-3-13)12-4-7-15(8-5-12)30-23(35)32-19-10-14(24(26,27)28)6-9-17(19)25;1-33-22-20(21(28)32-33)18(12-19(31-22)14-2-3-14)13-4-8-16(9-5-13)29-23(34)30-17-10-6-15(7-11-17)24(25,26)27;1-33-22-20(21(28)32-33)16(12-19(30-22)14-6-7-14)13-8-10-15(11-9-13)29-23(34)31-18-5-3-2-4-17(18)24(25,26)27;1-29-22-20(21(24)28-29)18(12-19(27-22)14-2-3-14)13-4-6-15(7-5-13)25-23(31)26-16-8-10-17(11-9-16)30(32)33/h4-11,13H,2-3H2,1H3,(H2,29,33)(H2,30,32,35);4-12,14H,2-3H2,1H3,(H2,28,32)(H2,29,30,34);2-5,8-12,14H,6-7H2,1H3,(H2,28,32)(H2,29,31,34);4-12,14H,2-3H2,1H3,(H2,24,28)(H2,25,26,31). The number of anilines is 12. The molecule has 4 aliphatic rings. The number of aryl methyl sites for hydroxylation is 4. The minimum absolute atomic E-state index is 0.0409. The number of nitro groups is 1. The molecule has 0 spiro atoms. The van der Waals surface area contributed by atoms with E-state index in [2.05, 4.69) is 75.1 Å². The van der Waals surface area contributed by atoms with Gasteiger partial charge in [0.2, 0.25) is 0 Å². The molecule has 0 aliphatic heterocycles. The van der Waals surface area contributed by atoms with Crippen molar-refractivity contribution in [2.75, 3.05) is 65.5 Å². The third-order valence-electron chi connectivity index (χ3n) is 23.0. The second-order valence-electron chi connectivity index (χ2n) is 33.0. The van der Waals surface area contributed by atoms with Gasteiger partial charge in [-0.25, -0.2) is 62.2 Å². The van der Waals surface area contributed by atoms with Crippen molar-refractivity contribution in [3.05, 3.63) is 268 Å². The van der Waals surface area contributed by atoms with Gasteiger partial charge in [-0.05, 0) is 235 Å². The lowest BCUT2D eigenvalue weighted by atomic mass is 10.0. The van der Waals surface area contributed by atoms with E-state index in [9.17, 15) is 73.2 Å². The lowest BCUT2D eigenvalue weighted by Gasteiger charge is -2.14. The number of nitrogen functional groups attached to an aromatic ring is 4. The number of nitrogens with one attached hydrogen (secondary N) is 8. The molecule has 0 bridgehead atoms. The number of benzene rings is 8. The first-order valence-corrected chi connectivity index (χ1v) is 42.6. The molecule has 4 aliphatic carbocycles. The number of nitrogens with two attached hydrogens (primary N) is 4. The molecule has 8 aromatic carbocycles. The molecule has 0 saturated heterocycles. The third-order valence-corrected chi connectivity index (χ3v) is 23.0. The van der Waals surface area contributed by atoms with Crippen LogP contribution in [0.1, 0.15) is 115 Å². The summed E-state index contributed by atoms with van der Waals surface area (Å²) in [6.45, 7) is 0. The van der Waals surface area contributed by atoms with Crippen LogP contribution in [0, 0.1) is 15.9 Å². The maximum Gasteiger partial charge on any atom is 0.418 e. The van der Waals surface area contributed by atoms with E-state index in [1.54, 1.807) is 93.5 Å². The van der Waals surface area contributed by atoms with Gasteiger partial charge in [0.25, 0.3) is 5.69 Å². The molecule has 4 fully saturated rings. The molecule has 41 heteroatoms. The third kappa shape index (κ3) is 20.6. The number of fused-ring (bicyclic) bond motifs is 4. The molecule has 16 N–H and O–H groups in total. The number of urea groups is 4. The van der Waals surface area contributed by atoms with Crippen LogP contribution in [0.25, 0.3) is 88.6 Å². The molecular formula is C95H83F10N25O6. The number of carbonyl (C=O) groups excluding carboxylic acids is 4. The van der Waals surface area contributed by atoms with Crippen LogP contribution in [0.5, 0.6) is 0 Å². The fourth-order valence-corrected chi connectivity index (χ4v) is 15.6. The summed E-state index contributed by atoms with van der Waals surface area (Å²) >= 11 is 0. The molecule has 16 aromatic rings. The van der Waals surface area contributed by atoms with Crippen molar-refractivity contribution in [2.45, 2.75) is 93.6 Å². The van der Waals surface area contributed by atoms with Gasteiger partial charge in [-0.15, -0.1) is 0 Å². The number of hydrogen-bond acceptors (Lipinski definition) is 18. The summed E-state index contributed by atoms with van der Waals surface area (Å²) in [5, 5.41) is 51.2. The Kier molecular flexibility index (Phi) is 24.6. The van der Waals surface area contributed by atoms with Crippen LogP contribution in [0.4, 0.5) is 138 Å². The van der Waals surface area contributed by atoms with Gasteiger partial charge < -0.3 is 65.5 Å². The van der Waals surface area contributed by atoms with E-state index >= 15 is 0 Å². The Morgan fingerprint density at radius 2 is 0.596 bits per heavy atom. The van der Waals surface area contributed by atoms with Gasteiger partial charge in [0, 0.05) is 121 Å². The molecule has 136 heavy (non-hydrogen) atoms. The fraction of sp³-hybridized carbons (Fsp3) is 0.200. The van der Waals surface area contributed by atoms with Crippen molar-refractivity contribution >= 4 is 143 Å². The van der Waals surface area contributed by atoms with Crippen LogP contribution < -0.4 is 65.5 Å². The van der Waals surface area contributed by atoms with E-state index in [1.165, 1.54) is 54.6 Å². The number of nitrogens with zero attached hydrogens (tertiary/aromatic N) is 13. The summed E-state index contributed by atoms with van der Waals surface area (Å²) in [6.07, 6.45) is -4.81. The second kappa shape index (κ2) is 36.8. The predicted octanol–water partition coefficient (Wildman–Crippen LogP) is 22.1. The van der Waals surface area contributed by atoms with Crippen molar-refractivity contribution < 1.29 is 68.0 Å². The summed E-state index contributed by atoms with van der Waals surface area (Å²) in [5.74, 6) is 2.37. The van der Waals surface area contributed by atoms with Crippen LogP contribution in [-0.2, 0) is 46.7 Å². The lowest BCUT2D eigenvalue weighted by molar-refractivity contribution is -0.384. The summed E-state index contributed by atoms with van der Waals surface area (Å²) in [7, 11) is 7.23. The largest absolute Gasteiger partial charge is 0.418 e. The van der Waals surface area contributed by atoms with Gasteiger partial charge >= 0.3 is 42.7 Å². The van der Waals surface area contributed by atoms with Crippen LogP contribution >= 0.6 is 0 Å². The topological polar surface area (TPSA) is 435 Å². The first-order valence-electron chi connectivity index (χ1n) is 42.6. The highest BCUT2D eigenvalue weighted by molar-refractivity contribution is 6.07. The zero-order valence-electron chi connectivity index (χ0n) is 72.5. The molecular weight excluding hydrogens is 1780 g/mol. The number of alkyl halides is 9. The van der Waals surface area contributed by atoms with Crippen LogP contribution in [0.15, 0.2) is 212 Å². The SMILES string of the molecule is Cn1nc(N)c2c(-c3ccc(NC(=O)Nc4cc(C(F)(F)F)ccc4F)cc3)cc(C3CC3)nc21.Cn1nc(N)c2c(-c3ccc(NC(=O)Nc4ccc(C(F)(F)F)cc4)cc3)cc(C3CC3)nc21.Cn1nc(N)c2c(-c3ccc(NC(=O)Nc4ccc([N+](=O)[O-])cc4)cc3)cc(C3CC3)nc21.Cn1nc(N)c2c(-c3ccc(NC(=O)Nc4ccccc4C(F)(F)F)cc3)cc(C3CC3)nc21. The normalized spacial score (nSPS) is 13.6. The van der Waals surface area contributed by atoms with Gasteiger partial charge in [-0.2, -0.15) is 59.9 Å². The minimum Gasteiger partial charge on any atom is -0.382 e. The number of rotatable bonds is 17. The molecule has 8 amide bonds. The van der Waals surface area contributed by atoms with E-state index in [1.807, 2.05) is 62.6 Å². The molecule has 0 atom stereocenters. The smallest absolute Gasteiger partial charge is 0.382 e. The van der Waals surface area contributed by atoms with E-state index in [0.29, 0.717) is 105 Å². The Morgan fingerprint density at radius 1 is 0.338 bits per heavy atom. The zero-order valence-corrected chi connectivity index (χ0v) is 72.5. The Bertz CT molecular complexity index is 7320.